The first-order valence-corrected chi connectivity index (χ1v) is 11.6. The fourth-order valence-corrected chi connectivity index (χ4v) is 3.70. The quantitative estimate of drug-likeness (QED) is 0.504. The van der Waals surface area contributed by atoms with E-state index in [1.54, 1.807) is 18.2 Å². The van der Waals surface area contributed by atoms with Crippen molar-refractivity contribution in [3.05, 3.63) is 70.4 Å². The molecular formula is C22H21F3N4O3S. The van der Waals surface area contributed by atoms with Crippen LogP contribution >= 0.6 is 0 Å². The van der Waals surface area contributed by atoms with Crippen molar-refractivity contribution in [1.82, 2.24) is 10.2 Å². The zero-order valence-electron chi connectivity index (χ0n) is 18.2. The molecule has 0 aliphatic rings. The first kappa shape index (κ1) is 24.2. The number of alkyl halides is 3. The summed E-state index contributed by atoms with van der Waals surface area (Å²) in [5.74, 6) is -1.03. The third kappa shape index (κ3) is 5.48. The van der Waals surface area contributed by atoms with Crippen molar-refractivity contribution in [2.75, 3.05) is 11.6 Å². The number of hydrogen-bond acceptors (Lipinski definition) is 6. The number of benzene rings is 2. The molecule has 1 heterocycles. The number of nitrogens with one attached hydrogen (secondary N) is 2. The molecular weight excluding hydrogens is 457 g/mol. The molecule has 1 unspecified atom stereocenters. The van der Waals surface area contributed by atoms with Crippen LogP contribution in [-0.4, -0.2) is 26.6 Å². The van der Waals surface area contributed by atoms with Crippen molar-refractivity contribution >= 4 is 21.3 Å². The summed E-state index contributed by atoms with van der Waals surface area (Å²) < 4.78 is 65.6. The van der Waals surface area contributed by atoms with Crippen LogP contribution in [-0.2, 0) is 15.9 Å². The first-order valence-electron chi connectivity index (χ1n) is 9.62. The average Bonchev–Trinajstić information content (AvgIpc) is 2.69. The SMILES string of the molecule is Cc1ccc(Oc2nnc(C(F)(F)F)c(C)c2C(=O)Nc2cccc(S(C)(=N)=O)c2)cc1C. The Kier molecular flexibility index (Phi) is 6.46. The Hall–Kier alpha value is -3.47. The first-order chi connectivity index (χ1) is 15.3. The highest BCUT2D eigenvalue weighted by Crippen LogP contribution is 2.35. The lowest BCUT2D eigenvalue weighted by Crippen LogP contribution is -2.21. The highest BCUT2D eigenvalue weighted by atomic mass is 32.2. The van der Waals surface area contributed by atoms with Crippen LogP contribution < -0.4 is 10.1 Å². The van der Waals surface area contributed by atoms with E-state index in [4.69, 9.17) is 9.52 Å². The van der Waals surface area contributed by atoms with Gasteiger partial charge in [-0.05, 0) is 67.8 Å². The van der Waals surface area contributed by atoms with Crippen LogP contribution in [0, 0.1) is 25.6 Å². The van der Waals surface area contributed by atoms with Crippen molar-refractivity contribution in [3.8, 4) is 11.6 Å². The van der Waals surface area contributed by atoms with Gasteiger partial charge in [-0.2, -0.15) is 13.2 Å². The Labute approximate surface area is 189 Å². The molecule has 7 nitrogen and oxygen atoms in total. The molecule has 0 saturated heterocycles. The lowest BCUT2D eigenvalue weighted by atomic mass is 10.1. The van der Waals surface area contributed by atoms with Gasteiger partial charge < -0.3 is 10.1 Å². The fraction of sp³-hybridized carbons (Fsp3) is 0.227. The van der Waals surface area contributed by atoms with Gasteiger partial charge >= 0.3 is 6.18 Å². The van der Waals surface area contributed by atoms with Gasteiger partial charge in [0.05, 0.1) is 9.73 Å². The van der Waals surface area contributed by atoms with Gasteiger partial charge in [0, 0.05) is 16.8 Å². The molecule has 0 fully saturated rings. The van der Waals surface area contributed by atoms with Crippen LogP contribution in [0.4, 0.5) is 18.9 Å². The summed E-state index contributed by atoms with van der Waals surface area (Å²) in [5.41, 5.74) is -0.186. The van der Waals surface area contributed by atoms with E-state index in [0.29, 0.717) is 0 Å². The maximum absolute atomic E-state index is 13.4. The number of carbonyl (C=O) groups excluding carboxylic acids is 1. The second-order valence-electron chi connectivity index (χ2n) is 7.53. The van der Waals surface area contributed by atoms with Gasteiger partial charge in [-0.25, -0.2) is 8.99 Å². The molecule has 1 aromatic heterocycles. The van der Waals surface area contributed by atoms with Crippen LogP contribution in [0.2, 0.25) is 0 Å². The van der Waals surface area contributed by atoms with Gasteiger partial charge in [-0.1, -0.05) is 12.1 Å². The highest BCUT2D eigenvalue weighted by molar-refractivity contribution is 7.91. The number of aromatic nitrogens is 2. The van der Waals surface area contributed by atoms with E-state index in [9.17, 15) is 22.2 Å². The van der Waals surface area contributed by atoms with E-state index in [-0.39, 0.29) is 16.3 Å². The lowest BCUT2D eigenvalue weighted by Gasteiger charge is -2.16. The molecule has 2 N–H and O–H groups in total. The molecule has 0 spiro atoms. The van der Waals surface area contributed by atoms with Crippen molar-refractivity contribution in [2.45, 2.75) is 31.8 Å². The molecule has 11 heteroatoms. The Morgan fingerprint density at radius 1 is 1.06 bits per heavy atom. The molecule has 0 aliphatic heterocycles. The number of aryl methyl sites for hydroxylation is 2. The number of amides is 1. The van der Waals surface area contributed by atoms with Crippen LogP contribution in [0.1, 0.15) is 32.7 Å². The molecule has 0 saturated carbocycles. The number of nitrogens with zero attached hydrogens (tertiary/aromatic N) is 2. The second kappa shape index (κ2) is 8.81. The van der Waals surface area contributed by atoms with Gasteiger partial charge in [0.2, 0.25) is 0 Å². The van der Waals surface area contributed by atoms with Gasteiger partial charge in [-0.3, -0.25) is 4.79 Å². The van der Waals surface area contributed by atoms with Gasteiger partial charge in [0.15, 0.2) is 5.69 Å². The van der Waals surface area contributed by atoms with Crippen molar-refractivity contribution in [2.24, 2.45) is 0 Å². The molecule has 174 valence electrons. The fourth-order valence-electron chi connectivity index (χ4n) is 3.01. The Bertz CT molecular complexity index is 1340. The minimum atomic E-state index is -4.83. The van der Waals surface area contributed by atoms with Crippen molar-refractivity contribution in [3.63, 3.8) is 0 Å². The topological polar surface area (TPSA) is 105 Å². The molecule has 1 atom stereocenters. The summed E-state index contributed by atoms with van der Waals surface area (Å²) in [5, 5.41) is 9.26. The summed E-state index contributed by atoms with van der Waals surface area (Å²) >= 11 is 0. The number of rotatable bonds is 5. The average molecular weight is 478 g/mol. The molecule has 3 rings (SSSR count). The Balaban J connectivity index is 2.07. The number of hydrogen-bond donors (Lipinski definition) is 2. The van der Waals surface area contributed by atoms with Crippen LogP contribution in [0.15, 0.2) is 47.4 Å². The third-order valence-corrected chi connectivity index (χ3v) is 6.07. The Morgan fingerprint density at radius 2 is 1.76 bits per heavy atom. The molecule has 0 bridgehead atoms. The maximum atomic E-state index is 13.4. The largest absolute Gasteiger partial charge is 0.437 e. The lowest BCUT2D eigenvalue weighted by molar-refractivity contribution is -0.142. The predicted octanol–water partition coefficient (Wildman–Crippen LogP) is 5.50. The molecule has 33 heavy (non-hydrogen) atoms. The molecule has 2 aromatic carbocycles. The molecule has 3 aromatic rings. The summed E-state index contributed by atoms with van der Waals surface area (Å²) in [6.45, 7) is 4.84. The van der Waals surface area contributed by atoms with Crippen LogP contribution in [0.5, 0.6) is 11.6 Å². The second-order valence-corrected chi connectivity index (χ2v) is 9.68. The number of carbonyl (C=O) groups is 1. The Morgan fingerprint density at radius 3 is 2.36 bits per heavy atom. The molecule has 1 amide bonds. The van der Waals surface area contributed by atoms with Crippen molar-refractivity contribution in [1.29, 1.82) is 4.78 Å². The molecule has 0 aliphatic carbocycles. The van der Waals surface area contributed by atoms with Gasteiger partial charge in [0.25, 0.3) is 11.8 Å². The van der Waals surface area contributed by atoms with Crippen molar-refractivity contribution < 1.29 is 26.9 Å². The summed E-state index contributed by atoms with van der Waals surface area (Å²) in [7, 11) is -3.06. The third-order valence-electron chi connectivity index (χ3n) is 4.92. The minimum Gasteiger partial charge on any atom is -0.437 e. The van der Waals surface area contributed by atoms with E-state index in [0.717, 1.165) is 18.1 Å². The summed E-state index contributed by atoms with van der Waals surface area (Å²) in [6.07, 6.45) is -3.61. The summed E-state index contributed by atoms with van der Waals surface area (Å²) in [4.78, 5) is 13.2. The zero-order valence-corrected chi connectivity index (χ0v) is 19.0. The van der Waals surface area contributed by atoms with E-state index in [1.165, 1.54) is 30.5 Å². The highest BCUT2D eigenvalue weighted by Gasteiger charge is 2.38. The number of anilines is 1. The predicted molar refractivity (Wildman–Crippen MR) is 117 cm³/mol. The number of ether oxygens (including phenoxy) is 1. The van der Waals surface area contributed by atoms with E-state index >= 15 is 0 Å². The van der Waals surface area contributed by atoms with Gasteiger partial charge in [0.1, 0.15) is 11.3 Å². The zero-order chi connectivity index (χ0) is 24.6. The monoisotopic (exact) mass is 478 g/mol. The minimum absolute atomic E-state index is 0.154. The van der Waals surface area contributed by atoms with Crippen LogP contribution in [0.25, 0.3) is 0 Å². The smallest absolute Gasteiger partial charge is 0.435 e. The molecule has 0 radical (unpaired) electrons. The van der Waals surface area contributed by atoms with Gasteiger partial charge in [-0.15, -0.1) is 10.2 Å². The standard InChI is InChI=1S/C22H21F3N4O3S/c1-12-8-9-16(10-13(12)2)32-21-18(14(3)19(28-29-21)22(23,24)25)20(30)27-15-6-5-7-17(11-15)33(4,26)31/h5-11,26H,1-4H3,(H,27,30). The van der Waals surface area contributed by atoms with E-state index in [1.807, 2.05) is 13.8 Å². The van der Waals surface area contributed by atoms with E-state index < -0.39 is 44.5 Å². The number of halogens is 3. The summed E-state index contributed by atoms with van der Waals surface area (Å²) in [6, 6.07) is 10.8. The maximum Gasteiger partial charge on any atom is 0.435 e. The van der Waals surface area contributed by atoms with E-state index in [2.05, 4.69) is 15.5 Å². The van der Waals surface area contributed by atoms with Crippen LogP contribution in [0.3, 0.4) is 0 Å². The normalized spacial score (nSPS) is 13.3.